The molecule has 4 nitrogen and oxygen atoms in total. The lowest BCUT2D eigenvalue weighted by Gasteiger charge is -2.14. The zero-order chi connectivity index (χ0) is 14.7. The number of hydrogen-bond donors (Lipinski definition) is 2. The van der Waals surface area contributed by atoms with Crippen molar-refractivity contribution >= 4 is 16.5 Å². The molecule has 0 saturated carbocycles. The first-order chi connectivity index (χ1) is 10.2. The molecule has 1 saturated heterocycles. The number of anilines is 1. The lowest BCUT2D eigenvalue weighted by molar-refractivity contribution is 0.271. The lowest BCUT2D eigenvalue weighted by atomic mass is 10.1. The van der Waals surface area contributed by atoms with Crippen molar-refractivity contribution in [3.8, 4) is 5.88 Å². The number of nitrogens with one attached hydrogen (secondary N) is 2. The Morgan fingerprint density at radius 3 is 3.05 bits per heavy atom. The van der Waals surface area contributed by atoms with E-state index >= 15 is 0 Å². The smallest absolute Gasteiger partial charge is 0.221 e. The molecule has 112 valence electrons. The van der Waals surface area contributed by atoms with E-state index in [1.54, 1.807) is 0 Å². The van der Waals surface area contributed by atoms with Crippen molar-refractivity contribution in [1.82, 2.24) is 10.3 Å². The molecular formula is C17H23N3O. The summed E-state index contributed by atoms with van der Waals surface area (Å²) in [6, 6.07) is 9.23. The molecule has 1 aromatic carbocycles. The molecule has 21 heavy (non-hydrogen) atoms. The van der Waals surface area contributed by atoms with E-state index in [9.17, 15) is 0 Å². The van der Waals surface area contributed by atoms with Crippen LogP contribution in [-0.2, 0) is 0 Å². The van der Waals surface area contributed by atoms with E-state index in [-0.39, 0.29) is 0 Å². The molecule has 0 spiro atoms. The molecule has 1 aromatic heterocycles. The maximum absolute atomic E-state index is 5.96. The first-order valence-corrected chi connectivity index (χ1v) is 7.74. The molecule has 2 heterocycles. The molecule has 0 radical (unpaired) electrons. The molecule has 3 rings (SSSR count). The summed E-state index contributed by atoms with van der Waals surface area (Å²) in [6.07, 6.45) is 4.24. The van der Waals surface area contributed by atoms with Gasteiger partial charge in [0.1, 0.15) is 6.61 Å². The van der Waals surface area contributed by atoms with Crippen molar-refractivity contribution in [2.45, 2.75) is 38.8 Å². The number of ether oxygens (including phenoxy) is 1. The molecule has 0 aliphatic carbocycles. The predicted octanol–water partition coefficient (Wildman–Crippen LogP) is 3.19. The van der Waals surface area contributed by atoms with E-state index < -0.39 is 0 Å². The highest BCUT2D eigenvalue weighted by Crippen LogP contribution is 2.27. The van der Waals surface area contributed by atoms with Gasteiger partial charge in [0.2, 0.25) is 5.88 Å². The first kappa shape index (κ1) is 14.1. The van der Waals surface area contributed by atoms with Gasteiger partial charge >= 0.3 is 0 Å². The van der Waals surface area contributed by atoms with Gasteiger partial charge in [0.15, 0.2) is 0 Å². The molecule has 1 aliphatic rings. The van der Waals surface area contributed by atoms with E-state index in [1.807, 2.05) is 12.3 Å². The van der Waals surface area contributed by atoms with Crippen LogP contribution < -0.4 is 15.4 Å². The van der Waals surface area contributed by atoms with E-state index in [0.29, 0.717) is 18.7 Å². The van der Waals surface area contributed by atoms with Crippen LogP contribution in [0.2, 0.25) is 0 Å². The maximum atomic E-state index is 5.96. The fraction of sp³-hybridized carbons (Fsp3) is 0.471. The van der Waals surface area contributed by atoms with Crippen molar-refractivity contribution in [3.63, 3.8) is 0 Å². The van der Waals surface area contributed by atoms with E-state index in [1.165, 1.54) is 12.8 Å². The quantitative estimate of drug-likeness (QED) is 0.885. The number of benzene rings is 1. The highest BCUT2D eigenvalue weighted by molar-refractivity contribution is 5.89. The van der Waals surface area contributed by atoms with Crippen LogP contribution in [0.4, 0.5) is 5.69 Å². The summed E-state index contributed by atoms with van der Waals surface area (Å²) in [5.41, 5.74) is 1.11. The molecule has 0 amide bonds. The Balaban J connectivity index is 1.82. The minimum atomic E-state index is 0.408. The maximum Gasteiger partial charge on any atom is 0.221 e. The highest BCUT2D eigenvalue weighted by atomic mass is 16.5. The van der Waals surface area contributed by atoms with Gasteiger partial charge in [0, 0.05) is 29.4 Å². The second kappa shape index (κ2) is 6.31. The molecular weight excluding hydrogens is 262 g/mol. The Morgan fingerprint density at radius 2 is 2.29 bits per heavy atom. The van der Waals surface area contributed by atoms with Crippen molar-refractivity contribution < 1.29 is 4.74 Å². The third-order valence-electron chi connectivity index (χ3n) is 3.77. The average Bonchev–Trinajstić information content (AvgIpc) is 2.97. The minimum absolute atomic E-state index is 0.408. The molecule has 1 atom stereocenters. The Bertz CT molecular complexity index is 606. The summed E-state index contributed by atoms with van der Waals surface area (Å²) < 4.78 is 5.96. The second-order valence-electron chi connectivity index (χ2n) is 5.96. The standard InChI is InChI=1S/C17H23N3O/c1-12(2)20-14-6-5-13-7-9-19-17(16(13)10-14)21-11-15-4-3-8-18-15/h5-7,9-10,12,15,18,20H,3-4,8,11H2,1-2H3. The summed E-state index contributed by atoms with van der Waals surface area (Å²) in [6.45, 7) is 6.06. The third-order valence-corrected chi connectivity index (χ3v) is 3.77. The van der Waals surface area contributed by atoms with Crippen molar-refractivity contribution in [2.24, 2.45) is 0 Å². The van der Waals surface area contributed by atoms with E-state index in [4.69, 9.17) is 4.74 Å². The number of hydrogen-bond acceptors (Lipinski definition) is 4. The number of pyridine rings is 1. The monoisotopic (exact) mass is 285 g/mol. The fourth-order valence-electron chi connectivity index (χ4n) is 2.76. The summed E-state index contributed by atoms with van der Waals surface area (Å²) >= 11 is 0. The van der Waals surface area contributed by atoms with Crippen LogP contribution in [0.25, 0.3) is 10.8 Å². The topological polar surface area (TPSA) is 46.2 Å². The van der Waals surface area contributed by atoms with Crippen LogP contribution in [0.5, 0.6) is 5.88 Å². The van der Waals surface area contributed by atoms with Crippen LogP contribution in [0, 0.1) is 0 Å². The molecule has 1 fully saturated rings. The summed E-state index contributed by atoms with van der Waals surface area (Å²) in [5, 5.41) is 9.10. The van der Waals surface area contributed by atoms with Crippen LogP contribution in [-0.4, -0.2) is 30.2 Å². The van der Waals surface area contributed by atoms with Gasteiger partial charge in [-0.2, -0.15) is 0 Å². The number of fused-ring (bicyclic) bond motifs is 1. The minimum Gasteiger partial charge on any atom is -0.476 e. The number of nitrogens with zero attached hydrogens (tertiary/aromatic N) is 1. The number of rotatable bonds is 5. The molecule has 0 bridgehead atoms. The molecule has 4 heteroatoms. The van der Waals surface area contributed by atoms with Crippen molar-refractivity contribution in [3.05, 3.63) is 30.5 Å². The van der Waals surface area contributed by atoms with Gasteiger partial charge in [0.05, 0.1) is 0 Å². The van der Waals surface area contributed by atoms with Gasteiger partial charge < -0.3 is 15.4 Å². The van der Waals surface area contributed by atoms with Gasteiger partial charge in [-0.05, 0) is 56.8 Å². The van der Waals surface area contributed by atoms with Gasteiger partial charge in [-0.3, -0.25) is 0 Å². The van der Waals surface area contributed by atoms with Gasteiger partial charge in [-0.1, -0.05) is 6.07 Å². The Hall–Kier alpha value is -1.81. The van der Waals surface area contributed by atoms with Crippen LogP contribution in [0.15, 0.2) is 30.5 Å². The SMILES string of the molecule is CC(C)Nc1ccc2ccnc(OCC3CCCN3)c2c1. The van der Waals surface area contributed by atoms with E-state index in [2.05, 4.69) is 47.7 Å². The molecule has 2 aromatic rings. The van der Waals surface area contributed by atoms with Crippen molar-refractivity contribution in [2.75, 3.05) is 18.5 Å². The van der Waals surface area contributed by atoms with E-state index in [0.717, 1.165) is 28.9 Å². The largest absolute Gasteiger partial charge is 0.476 e. The predicted molar refractivity (Wildman–Crippen MR) is 87.0 cm³/mol. The number of aromatic nitrogens is 1. The summed E-state index contributed by atoms with van der Waals surface area (Å²) in [5.74, 6) is 0.730. The first-order valence-electron chi connectivity index (χ1n) is 7.74. The van der Waals surface area contributed by atoms with Gasteiger partial charge in [-0.15, -0.1) is 0 Å². The van der Waals surface area contributed by atoms with Crippen LogP contribution in [0.1, 0.15) is 26.7 Å². The zero-order valence-electron chi connectivity index (χ0n) is 12.7. The van der Waals surface area contributed by atoms with Gasteiger partial charge in [-0.25, -0.2) is 4.98 Å². The van der Waals surface area contributed by atoms with Crippen LogP contribution >= 0.6 is 0 Å². The van der Waals surface area contributed by atoms with Crippen LogP contribution in [0.3, 0.4) is 0 Å². The molecule has 1 unspecified atom stereocenters. The molecule has 2 N–H and O–H groups in total. The summed E-state index contributed by atoms with van der Waals surface area (Å²) in [4.78, 5) is 4.41. The average molecular weight is 285 g/mol. The summed E-state index contributed by atoms with van der Waals surface area (Å²) in [7, 11) is 0. The zero-order valence-corrected chi connectivity index (χ0v) is 12.7. The highest BCUT2D eigenvalue weighted by Gasteiger charge is 2.15. The normalized spacial score (nSPS) is 18.3. The molecule has 1 aliphatic heterocycles. The Labute approximate surface area is 125 Å². The Kier molecular flexibility index (Phi) is 4.25. The lowest BCUT2D eigenvalue weighted by Crippen LogP contribution is -2.28. The Morgan fingerprint density at radius 1 is 1.38 bits per heavy atom. The fourth-order valence-corrected chi connectivity index (χ4v) is 2.76. The second-order valence-corrected chi connectivity index (χ2v) is 5.96. The third kappa shape index (κ3) is 3.45. The van der Waals surface area contributed by atoms with Crippen molar-refractivity contribution in [1.29, 1.82) is 0 Å². The van der Waals surface area contributed by atoms with Gasteiger partial charge in [0.25, 0.3) is 0 Å².